The number of hydrogen-bond donors (Lipinski definition) is 0. The van der Waals surface area contributed by atoms with Crippen LogP contribution in [0.2, 0.25) is 0 Å². The molecule has 0 aromatic heterocycles. The summed E-state index contributed by atoms with van der Waals surface area (Å²) in [6.07, 6.45) is 0. The van der Waals surface area contributed by atoms with Crippen LogP contribution >= 0.6 is 0 Å². The maximum Gasteiger partial charge on any atom is 0.534 e. The second-order valence-electron chi connectivity index (χ2n) is 2.74. The van der Waals surface area contributed by atoms with Gasteiger partial charge in [-0.25, -0.2) is 4.39 Å². The van der Waals surface area contributed by atoms with Crippen LogP contribution in [0.5, 0.6) is 5.75 Å². The van der Waals surface area contributed by atoms with E-state index >= 15 is 0 Å². The maximum atomic E-state index is 12.9. The molecule has 0 saturated heterocycles. The van der Waals surface area contributed by atoms with Crippen LogP contribution in [0, 0.1) is 17.1 Å². The SMILES string of the molecule is N#Cc1ccc(OS(=O)(=O)C(F)(F)F)cc1F. The fourth-order valence-corrected chi connectivity index (χ4v) is 1.26. The molecule has 0 aliphatic heterocycles. The first-order chi connectivity index (χ1) is 7.67. The number of hydrogen-bond acceptors (Lipinski definition) is 4. The standard InChI is InChI=1S/C8H3F4NO3S/c9-7-3-6(2-1-5(7)4-13)16-17(14,15)8(10,11)12/h1-3H. The van der Waals surface area contributed by atoms with Crippen molar-refractivity contribution in [1.82, 2.24) is 0 Å². The summed E-state index contributed by atoms with van der Waals surface area (Å²) >= 11 is 0. The number of halogens is 4. The zero-order valence-electron chi connectivity index (χ0n) is 7.82. The van der Waals surface area contributed by atoms with Gasteiger partial charge >= 0.3 is 15.6 Å². The van der Waals surface area contributed by atoms with Gasteiger partial charge in [0.1, 0.15) is 17.6 Å². The lowest BCUT2D eigenvalue weighted by Gasteiger charge is -2.09. The Morgan fingerprint density at radius 3 is 2.29 bits per heavy atom. The first-order valence-corrected chi connectivity index (χ1v) is 5.28. The van der Waals surface area contributed by atoms with E-state index in [1.54, 1.807) is 0 Å². The quantitative estimate of drug-likeness (QED) is 0.467. The van der Waals surface area contributed by atoms with Crippen LogP contribution in [0.25, 0.3) is 0 Å². The van der Waals surface area contributed by atoms with E-state index in [9.17, 15) is 26.0 Å². The average Bonchev–Trinajstić information content (AvgIpc) is 2.15. The fraction of sp³-hybridized carbons (Fsp3) is 0.125. The highest BCUT2D eigenvalue weighted by Crippen LogP contribution is 2.27. The predicted molar refractivity (Wildman–Crippen MR) is 46.7 cm³/mol. The largest absolute Gasteiger partial charge is 0.534 e. The first-order valence-electron chi connectivity index (χ1n) is 3.88. The average molecular weight is 269 g/mol. The van der Waals surface area contributed by atoms with E-state index in [0.717, 1.165) is 12.1 Å². The number of benzene rings is 1. The molecule has 0 amide bonds. The van der Waals surface area contributed by atoms with Crippen LogP contribution in [-0.2, 0) is 10.1 Å². The molecule has 0 aliphatic rings. The van der Waals surface area contributed by atoms with Gasteiger partial charge in [-0.2, -0.15) is 26.9 Å². The summed E-state index contributed by atoms with van der Waals surface area (Å²) in [5.41, 5.74) is -6.04. The van der Waals surface area contributed by atoms with Gasteiger partial charge in [-0.05, 0) is 12.1 Å². The van der Waals surface area contributed by atoms with Gasteiger partial charge in [-0.3, -0.25) is 0 Å². The Kier molecular flexibility index (Phi) is 3.28. The van der Waals surface area contributed by atoms with Gasteiger partial charge in [0.2, 0.25) is 0 Å². The molecule has 0 heterocycles. The van der Waals surface area contributed by atoms with Crippen LogP contribution in [0.4, 0.5) is 17.6 Å². The normalized spacial score (nSPS) is 11.9. The molecule has 1 rings (SSSR count). The van der Waals surface area contributed by atoms with Crippen LogP contribution < -0.4 is 4.18 Å². The Bertz CT molecular complexity index is 573. The van der Waals surface area contributed by atoms with Gasteiger partial charge in [-0.1, -0.05) is 0 Å². The Labute approximate surface area is 93.2 Å². The van der Waals surface area contributed by atoms with Crippen molar-refractivity contribution in [3.05, 3.63) is 29.6 Å². The number of nitriles is 1. The van der Waals surface area contributed by atoms with Crippen molar-refractivity contribution in [2.24, 2.45) is 0 Å². The molecule has 0 saturated carbocycles. The van der Waals surface area contributed by atoms with Gasteiger partial charge in [0.25, 0.3) is 0 Å². The highest BCUT2D eigenvalue weighted by Gasteiger charge is 2.48. The summed E-state index contributed by atoms with van der Waals surface area (Å²) in [5.74, 6) is -2.04. The van der Waals surface area contributed by atoms with Crippen molar-refractivity contribution in [2.75, 3.05) is 0 Å². The topological polar surface area (TPSA) is 67.2 Å². The Morgan fingerprint density at radius 2 is 1.88 bits per heavy atom. The van der Waals surface area contributed by atoms with Crippen LogP contribution in [-0.4, -0.2) is 13.9 Å². The Hall–Kier alpha value is -1.82. The minimum absolute atomic E-state index is 0.377. The molecular weight excluding hydrogens is 266 g/mol. The van der Waals surface area contributed by atoms with Crippen molar-refractivity contribution in [3.63, 3.8) is 0 Å². The fourth-order valence-electron chi connectivity index (χ4n) is 0.812. The molecule has 0 bridgehead atoms. The summed E-state index contributed by atoms with van der Waals surface area (Å²) in [6, 6.07) is 3.33. The van der Waals surface area contributed by atoms with E-state index in [-0.39, 0.29) is 0 Å². The van der Waals surface area contributed by atoms with Gasteiger partial charge in [0.05, 0.1) is 5.56 Å². The molecule has 1 aromatic rings. The van der Waals surface area contributed by atoms with Crippen molar-refractivity contribution in [1.29, 1.82) is 5.26 Å². The van der Waals surface area contributed by atoms with E-state index in [0.29, 0.717) is 6.07 Å². The lowest BCUT2D eigenvalue weighted by atomic mass is 10.2. The first kappa shape index (κ1) is 13.2. The molecule has 0 unspecified atom stereocenters. The predicted octanol–water partition coefficient (Wildman–Crippen LogP) is 1.93. The zero-order valence-corrected chi connectivity index (χ0v) is 8.64. The summed E-state index contributed by atoms with van der Waals surface area (Å²) in [7, 11) is -5.84. The lowest BCUT2D eigenvalue weighted by molar-refractivity contribution is -0.0500. The molecule has 0 radical (unpaired) electrons. The molecular formula is C8H3F4NO3S. The molecule has 0 aliphatic carbocycles. The summed E-state index contributed by atoms with van der Waals surface area (Å²) < 4.78 is 73.4. The summed E-state index contributed by atoms with van der Waals surface area (Å²) in [5, 5.41) is 8.34. The molecule has 17 heavy (non-hydrogen) atoms. The van der Waals surface area contributed by atoms with Crippen molar-refractivity contribution >= 4 is 10.1 Å². The van der Waals surface area contributed by atoms with Crippen molar-refractivity contribution in [3.8, 4) is 11.8 Å². The maximum absolute atomic E-state index is 12.9. The Balaban J connectivity index is 3.07. The number of rotatable bonds is 2. The molecule has 4 nitrogen and oxygen atoms in total. The van der Waals surface area contributed by atoms with E-state index in [1.165, 1.54) is 6.07 Å². The lowest BCUT2D eigenvalue weighted by Crippen LogP contribution is -2.28. The number of alkyl halides is 3. The molecule has 0 atom stereocenters. The van der Waals surface area contributed by atoms with Crippen LogP contribution in [0.15, 0.2) is 18.2 Å². The molecule has 1 aromatic carbocycles. The highest BCUT2D eigenvalue weighted by molar-refractivity contribution is 7.87. The van der Waals surface area contributed by atoms with Crippen molar-refractivity contribution < 1.29 is 30.2 Å². The second-order valence-corrected chi connectivity index (χ2v) is 4.27. The third kappa shape index (κ3) is 2.85. The van der Waals surface area contributed by atoms with Crippen LogP contribution in [0.3, 0.4) is 0 Å². The van der Waals surface area contributed by atoms with Gasteiger partial charge in [-0.15, -0.1) is 0 Å². The van der Waals surface area contributed by atoms with Crippen molar-refractivity contribution in [2.45, 2.75) is 5.51 Å². The minimum Gasteiger partial charge on any atom is -0.376 e. The van der Waals surface area contributed by atoms with E-state index in [1.807, 2.05) is 0 Å². The molecule has 0 spiro atoms. The van der Waals surface area contributed by atoms with E-state index in [4.69, 9.17) is 5.26 Å². The molecule has 9 heteroatoms. The summed E-state index contributed by atoms with van der Waals surface area (Å²) in [4.78, 5) is 0. The Morgan fingerprint density at radius 1 is 1.29 bits per heavy atom. The van der Waals surface area contributed by atoms with E-state index in [2.05, 4.69) is 4.18 Å². The highest BCUT2D eigenvalue weighted by atomic mass is 32.2. The second kappa shape index (κ2) is 4.21. The summed E-state index contributed by atoms with van der Waals surface area (Å²) in [6.45, 7) is 0. The van der Waals surface area contributed by atoms with Gasteiger partial charge in [0, 0.05) is 6.07 Å². The molecule has 92 valence electrons. The smallest absolute Gasteiger partial charge is 0.376 e. The zero-order chi connectivity index (χ0) is 13.3. The minimum atomic E-state index is -5.84. The van der Waals surface area contributed by atoms with Gasteiger partial charge < -0.3 is 4.18 Å². The molecule has 0 fully saturated rings. The third-order valence-electron chi connectivity index (χ3n) is 1.55. The third-order valence-corrected chi connectivity index (χ3v) is 2.53. The number of nitrogens with zero attached hydrogens (tertiary/aromatic N) is 1. The monoisotopic (exact) mass is 269 g/mol. The van der Waals surface area contributed by atoms with Crippen LogP contribution in [0.1, 0.15) is 5.56 Å². The molecule has 0 N–H and O–H groups in total. The van der Waals surface area contributed by atoms with Gasteiger partial charge in [0.15, 0.2) is 0 Å². The van der Waals surface area contributed by atoms with E-state index < -0.39 is 32.8 Å².